The largest absolute Gasteiger partial charge is 0.676 e. The number of rotatable bonds is 12. The van der Waals surface area contributed by atoms with E-state index >= 15 is 0 Å². The first-order valence-corrected chi connectivity index (χ1v) is 14.9. The first-order chi connectivity index (χ1) is 18.4. The number of phenolic OH excluding ortho intramolecular Hbond substituents is 3. The van der Waals surface area contributed by atoms with Crippen molar-refractivity contribution in [2.45, 2.75) is 59.3 Å². The van der Waals surface area contributed by atoms with Gasteiger partial charge in [-0.05, 0) is 55.7 Å². The van der Waals surface area contributed by atoms with Crippen molar-refractivity contribution < 1.29 is 59.6 Å². The van der Waals surface area contributed by atoms with Crippen LogP contribution in [-0.2, 0) is 39.5 Å². The predicted octanol–water partition coefficient (Wildman–Crippen LogP) is 7.04. The van der Waals surface area contributed by atoms with E-state index in [2.05, 4.69) is 20.8 Å². The van der Waals surface area contributed by atoms with Gasteiger partial charge in [-0.3, -0.25) is 0 Å². The molecule has 0 unspecified atom stereocenters. The Bertz CT molecular complexity index is 759. The van der Waals surface area contributed by atoms with Crippen molar-refractivity contribution in [2.75, 3.05) is 19.8 Å². The van der Waals surface area contributed by atoms with E-state index in [1.165, 1.54) is 0 Å². The number of phenols is 3. The summed E-state index contributed by atoms with van der Waals surface area (Å²) in [5, 5.41) is 25.9. The van der Waals surface area contributed by atoms with E-state index in [4.69, 9.17) is 28.6 Å². The first-order valence-electron chi connectivity index (χ1n) is 13.2. The SMILES string of the molecule is CCCCO[Si](O)(OCCCC)OCCCC.Oc1ccccc1.Oc1ccccc1.Oc1ccccc1.[Zr]. The van der Waals surface area contributed by atoms with Gasteiger partial charge in [-0.25, -0.2) is 0 Å². The number of unbranched alkanes of at least 4 members (excludes halogenated alkanes) is 3. The summed E-state index contributed by atoms with van der Waals surface area (Å²) in [6.07, 6.45) is 5.87. The Kier molecular flexibility index (Phi) is 27.7. The minimum atomic E-state index is -3.36. The molecule has 0 amide bonds. The molecule has 4 N–H and O–H groups in total. The molecule has 0 aliphatic heterocycles. The second-order valence-electron chi connectivity index (χ2n) is 8.14. The molecule has 3 aromatic carbocycles. The molecule has 0 spiro atoms. The molecule has 39 heavy (non-hydrogen) atoms. The molecule has 0 aliphatic rings. The van der Waals surface area contributed by atoms with Crippen LogP contribution in [0.4, 0.5) is 0 Å². The van der Waals surface area contributed by atoms with Gasteiger partial charge in [0.15, 0.2) is 0 Å². The van der Waals surface area contributed by atoms with Crippen LogP contribution in [0, 0.1) is 0 Å². The van der Waals surface area contributed by atoms with E-state index < -0.39 is 9.05 Å². The number of benzene rings is 3. The molecule has 0 bridgehead atoms. The summed E-state index contributed by atoms with van der Waals surface area (Å²) in [5.41, 5.74) is 0. The van der Waals surface area contributed by atoms with Gasteiger partial charge in [0.1, 0.15) is 17.2 Å². The third-order valence-corrected chi connectivity index (χ3v) is 6.32. The molecule has 0 saturated heterocycles. The van der Waals surface area contributed by atoms with Crippen molar-refractivity contribution in [2.24, 2.45) is 0 Å². The van der Waals surface area contributed by atoms with Gasteiger partial charge >= 0.3 is 9.05 Å². The fourth-order valence-electron chi connectivity index (χ4n) is 2.45. The van der Waals surface area contributed by atoms with Crippen LogP contribution < -0.4 is 0 Å². The van der Waals surface area contributed by atoms with Gasteiger partial charge < -0.3 is 33.4 Å². The Balaban J connectivity index is 0. The van der Waals surface area contributed by atoms with Crippen LogP contribution in [0.5, 0.6) is 17.2 Å². The van der Waals surface area contributed by atoms with Gasteiger partial charge in [-0.2, -0.15) is 0 Å². The smallest absolute Gasteiger partial charge is 0.508 e. The molecule has 3 aromatic rings. The van der Waals surface area contributed by atoms with Gasteiger partial charge in [0.05, 0.1) is 0 Å². The molecule has 0 aliphatic carbocycles. The average molecular weight is 638 g/mol. The Morgan fingerprint density at radius 1 is 0.487 bits per heavy atom. The normalized spacial score (nSPS) is 9.85. The van der Waals surface area contributed by atoms with Crippen molar-refractivity contribution >= 4 is 9.05 Å². The van der Waals surface area contributed by atoms with Gasteiger partial charge in [0, 0.05) is 46.0 Å². The average Bonchev–Trinajstić information content (AvgIpc) is 2.92. The summed E-state index contributed by atoms with van der Waals surface area (Å²) in [6.45, 7) is 7.78. The van der Waals surface area contributed by atoms with Crippen molar-refractivity contribution in [3.63, 3.8) is 0 Å². The molecule has 216 valence electrons. The standard InChI is InChI=1S/C12H28O4Si.3C6H6O.Zr/c1-4-7-10-14-17(13,15-11-8-5-2)16-12-9-6-3;3*7-6-4-2-1-3-5-6;/h13H,4-12H2,1-3H3;3*1-5,7H;. The molecule has 0 aromatic heterocycles. The maximum atomic E-state index is 10.2. The van der Waals surface area contributed by atoms with E-state index in [1.807, 2.05) is 18.2 Å². The summed E-state index contributed by atoms with van der Waals surface area (Å²) in [6, 6.07) is 26.1. The third-order valence-electron chi connectivity index (χ3n) is 4.62. The van der Waals surface area contributed by atoms with Crippen molar-refractivity contribution in [1.29, 1.82) is 0 Å². The van der Waals surface area contributed by atoms with Crippen LogP contribution in [0.15, 0.2) is 91.0 Å². The monoisotopic (exact) mass is 636 g/mol. The van der Waals surface area contributed by atoms with Crippen LogP contribution in [0.2, 0.25) is 0 Å². The summed E-state index contributed by atoms with van der Waals surface area (Å²) in [4.78, 5) is 10.2. The zero-order valence-electron chi connectivity index (χ0n) is 23.5. The molecule has 0 saturated carbocycles. The van der Waals surface area contributed by atoms with Crippen LogP contribution >= 0.6 is 0 Å². The van der Waals surface area contributed by atoms with Crippen LogP contribution in [-0.4, -0.2) is 49.0 Å². The van der Waals surface area contributed by atoms with Crippen molar-refractivity contribution in [3.8, 4) is 17.2 Å². The summed E-state index contributed by atoms with van der Waals surface area (Å²) < 4.78 is 16.2. The minimum absolute atomic E-state index is 0. The van der Waals surface area contributed by atoms with Crippen LogP contribution in [0.25, 0.3) is 0 Å². The Hall–Kier alpha value is -2.00. The first kappa shape index (κ1) is 39.1. The minimum Gasteiger partial charge on any atom is -0.508 e. The molecule has 0 radical (unpaired) electrons. The molecule has 9 heteroatoms. The molecule has 0 heterocycles. The number of hydrogen-bond donors (Lipinski definition) is 4. The molecule has 0 fully saturated rings. The Morgan fingerprint density at radius 3 is 0.872 bits per heavy atom. The van der Waals surface area contributed by atoms with Gasteiger partial charge in [0.25, 0.3) is 0 Å². The second-order valence-corrected chi connectivity index (χ2v) is 10.1. The maximum absolute atomic E-state index is 10.2. The van der Waals surface area contributed by atoms with Crippen LogP contribution in [0.3, 0.4) is 0 Å². The van der Waals surface area contributed by atoms with Gasteiger partial charge in [-0.1, -0.05) is 94.6 Å². The van der Waals surface area contributed by atoms with Gasteiger partial charge in [-0.15, -0.1) is 0 Å². The van der Waals surface area contributed by atoms with E-state index in [-0.39, 0.29) is 26.2 Å². The van der Waals surface area contributed by atoms with Crippen molar-refractivity contribution in [3.05, 3.63) is 91.0 Å². The molecule has 0 atom stereocenters. The zero-order valence-corrected chi connectivity index (χ0v) is 27.0. The van der Waals surface area contributed by atoms with E-state index in [1.54, 1.807) is 72.8 Å². The Morgan fingerprint density at radius 2 is 0.718 bits per heavy atom. The topological polar surface area (TPSA) is 109 Å². The summed E-state index contributed by atoms with van der Waals surface area (Å²) in [7, 11) is -3.36. The molecular formula is C30H46O7SiZr. The zero-order chi connectivity index (χ0) is 28.3. The second kappa shape index (κ2) is 27.6. The van der Waals surface area contributed by atoms with Gasteiger partial charge in [0.2, 0.25) is 0 Å². The number of aromatic hydroxyl groups is 3. The fourth-order valence-corrected chi connectivity index (χ4v) is 3.90. The summed E-state index contributed by atoms with van der Waals surface area (Å²) in [5.74, 6) is 0.965. The van der Waals surface area contributed by atoms with E-state index in [0.717, 1.165) is 38.5 Å². The molecular weight excluding hydrogens is 592 g/mol. The fraction of sp³-hybridized carbons (Fsp3) is 0.400. The van der Waals surface area contributed by atoms with Crippen molar-refractivity contribution in [1.82, 2.24) is 0 Å². The number of para-hydroxylation sites is 3. The predicted molar refractivity (Wildman–Crippen MR) is 155 cm³/mol. The quantitative estimate of drug-likeness (QED) is 0.125. The Labute approximate surface area is 255 Å². The summed E-state index contributed by atoms with van der Waals surface area (Å²) >= 11 is 0. The van der Waals surface area contributed by atoms with E-state index in [0.29, 0.717) is 37.1 Å². The van der Waals surface area contributed by atoms with E-state index in [9.17, 15) is 4.80 Å². The maximum Gasteiger partial charge on any atom is 0.676 e. The molecule has 3 rings (SSSR count). The third kappa shape index (κ3) is 26.0. The molecule has 7 nitrogen and oxygen atoms in total. The number of hydrogen-bond acceptors (Lipinski definition) is 7. The van der Waals surface area contributed by atoms with Crippen LogP contribution in [0.1, 0.15) is 59.3 Å².